The minimum Gasteiger partial charge on any atom is -0.383 e. The number of amides is 1. The Morgan fingerprint density at radius 3 is 2.50 bits per heavy atom. The van der Waals surface area contributed by atoms with E-state index in [1.165, 1.54) is 24.4 Å². The van der Waals surface area contributed by atoms with E-state index in [0.717, 1.165) is 11.6 Å². The highest BCUT2D eigenvalue weighted by Gasteiger charge is 2.13. The lowest BCUT2D eigenvalue weighted by atomic mass is 10.1. The summed E-state index contributed by atoms with van der Waals surface area (Å²) in [5.41, 5.74) is 0.953. The van der Waals surface area contributed by atoms with Crippen molar-refractivity contribution in [2.24, 2.45) is 0 Å². The van der Waals surface area contributed by atoms with Gasteiger partial charge in [0.15, 0.2) is 0 Å². The fourth-order valence-corrected chi connectivity index (χ4v) is 2.65. The molecule has 134 valence electrons. The first-order valence-electron chi connectivity index (χ1n) is 7.61. The van der Waals surface area contributed by atoms with Crippen LogP contribution in [-0.2, 0) is 14.9 Å². The fourth-order valence-electron chi connectivity index (χ4n) is 2.13. The molecule has 0 heterocycles. The van der Waals surface area contributed by atoms with Crippen molar-refractivity contribution in [2.75, 3.05) is 5.32 Å². The maximum absolute atomic E-state index is 12.2. The molecule has 0 aliphatic heterocycles. The third-order valence-electron chi connectivity index (χ3n) is 3.53. The van der Waals surface area contributed by atoms with Gasteiger partial charge >= 0.3 is 0 Å². The average molecular weight is 371 g/mol. The minimum absolute atomic E-state index is 0.116. The number of rotatable bonds is 6. The Labute approximate surface area is 151 Å². The molecule has 0 aliphatic carbocycles. The molecule has 1 amide bonds. The van der Waals surface area contributed by atoms with Gasteiger partial charge in [-0.05, 0) is 30.7 Å². The predicted molar refractivity (Wildman–Crippen MR) is 96.6 cm³/mol. The summed E-state index contributed by atoms with van der Waals surface area (Å²) >= 11 is 0. The Morgan fingerprint density at radius 1 is 1.19 bits per heavy atom. The predicted octanol–water partition coefficient (Wildman–Crippen LogP) is 2.63. The molecule has 0 aliphatic rings. The van der Waals surface area contributed by atoms with Gasteiger partial charge in [-0.1, -0.05) is 36.4 Å². The molecular weight excluding hydrogens is 354 g/mol. The van der Waals surface area contributed by atoms with E-state index >= 15 is 0 Å². The van der Waals surface area contributed by atoms with Crippen molar-refractivity contribution in [3.05, 3.63) is 71.9 Å². The van der Waals surface area contributed by atoms with E-state index in [1.54, 1.807) is 6.07 Å². The zero-order valence-electron chi connectivity index (χ0n) is 13.9. The van der Waals surface area contributed by atoms with Crippen LogP contribution in [0.15, 0.2) is 71.3 Å². The van der Waals surface area contributed by atoms with Crippen molar-refractivity contribution in [3.63, 3.8) is 0 Å². The summed E-state index contributed by atoms with van der Waals surface area (Å²) in [6, 6.07) is 16.3. The Morgan fingerprint density at radius 2 is 1.88 bits per heavy atom. The van der Waals surface area contributed by atoms with Crippen LogP contribution >= 0.6 is 0 Å². The topological polar surface area (TPSA) is 119 Å². The van der Waals surface area contributed by atoms with Crippen molar-refractivity contribution in [1.82, 2.24) is 5.32 Å². The fraction of sp³-hybridized carbons (Fsp3) is 0.111. The Kier molecular flexibility index (Phi) is 6.11. The molecule has 26 heavy (non-hydrogen) atoms. The zero-order valence-corrected chi connectivity index (χ0v) is 14.7. The second-order valence-corrected chi connectivity index (χ2v) is 6.85. The van der Waals surface area contributed by atoms with Gasteiger partial charge < -0.3 is 10.6 Å². The molecule has 2 rings (SSSR count). The molecule has 3 N–H and O–H groups in total. The highest BCUT2D eigenvalue weighted by molar-refractivity contribution is 7.85. The summed E-state index contributed by atoms with van der Waals surface area (Å²) in [5, 5.41) is 14.6. The van der Waals surface area contributed by atoms with Crippen molar-refractivity contribution in [3.8, 4) is 6.07 Å². The minimum atomic E-state index is -4.38. The van der Waals surface area contributed by atoms with Crippen molar-refractivity contribution >= 4 is 21.7 Å². The SMILES string of the molecule is CC(N/C=C(/C#N)C(=O)Nc1cccc(S(=O)(=O)O)c1)c1ccccc1. The quantitative estimate of drug-likeness (QED) is 0.408. The summed E-state index contributed by atoms with van der Waals surface area (Å²) in [7, 11) is -4.38. The van der Waals surface area contributed by atoms with Gasteiger partial charge in [0.05, 0.1) is 4.90 Å². The number of nitrogens with one attached hydrogen (secondary N) is 2. The molecule has 1 unspecified atom stereocenters. The van der Waals surface area contributed by atoms with Gasteiger partial charge in [0.2, 0.25) is 0 Å². The van der Waals surface area contributed by atoms with Crippen LogP contribution in [0, 0.1) is 11.3 Å². The van der Waals surface area contributed by atoms with Crippen LogP contribution in [0.1, 0.15) is 18.5 Å². The molecule has 1 atom stereocenters. The van der Waals surface area contributed by atoms with Gasteiger partial charge in [0, 0.05) is 17.9 Å². The van der Waals surface area contributed by atoms with Gasteiger partial charge in [-0.15, -0.1) is 0 Å². The average Bonchev–Trinajstić information content (AvgIpc) is 2.62. The van der Waals surface area contributed by atoms with Crippen LogP contribution in [-0.4, -0.2) is 18.9 Å². The Hall–Kier alpha value is -3.15. The third kappa shape index (κ3) is 5.17. The van der Waals surface area contributed by atoms with E-state index < -0.39 is 16.0 Å². The lowest BCUT2D eigenvalue weighted by Gasteiger charge is -2.12. The summed E-state index contributed by atoms with van der Waals surface area (Å²) in [6.07, 6.45) is 1.31. The molecule has 7 nitrogen and oxygen atoms in total. The monoisotopic (exact) mass is 371 g/mol. The van der Waals surface area contributed by atoms with Crippen LogP contribution in [0.2, 0.25) is 0 Å². The van der Waals surface area contributed by atoms with Crippen LogP contribution in [0.3, 0.4) is 0 Å². The van der Waals surface area contributed by atoms with E-state index in [9.17, 15) is 18.5 Å². The van der Waals surface area contributed by atoms with Crippen LogP contribution in [0.25, 0.3) is 0 Å². The second-order valence-electron chi connectivity index (χ2n) is 5.43. The summed E-state index contributed by atoms with van der Waals surface area (Å²) < 4.78 is 31.3. The van der Waals surface area contributed by atoms with Gasteiger partial charge in [0.1, 0.15) is 11.6 Å². The number of carbonyl (C=O) groups is 1. The molecule has 2 aromatic carbocycles. The van der Waals surface area contributed by atoms with Crippen LogP contribution < -0.4 is 10.6 Å². The molecule has 0 bridgehead atoms. The van der Waals surface area contributed by atoms with E-state index in [0.29, 0.717) is 0 Å². The molecule has 0 fully saturated rings. The summed E-state index contributed by atoms with van der Waals surface area (Å²) in [6.45, 7) is 1.88. The van der Waals surface area contributed by atoms with Gasteiger partial charge in [-0.25, -0.2) is 0 Å². The largest absolute Gasteiger partial charge is 0.383 e. The molecular formula is C18H17N3O4S. The first-order chi connectivity index (χ1) is 12.3. The van der Waals surface area contributed by atoms with E-state index in [1.807, 2.05) is 37.3 Å². The van der Waals surface area contributed by atoms with Crippen LogP contribution in [0.4, 0.5) is 5.69 Å². The zero-order chi connectivity index (χ0) is 19.2. The van der Waals surface area contributed by atoms with Crippen LogP contribution in [0.5, 0.6) is 0 Å². The van der Waals surface area contributed by atoms with Crippen molar-refractivity contribution in [1.29, 1.82) is 5.26 Å². The number of nitriles is 1. The van der Waals surface area contributed by atoms with Crippen molar-refractivity contribution < 1.29 is 17.8 Å². The molecule has 0 radical (unpaired) electrons. The maximum atomic E-state index is 12.2. The van der Waals surface area contributed by atoms with E-state index in [2.05, 4.69) is 10.6 Å². The first kappa shape index (κ1) is 19.2. The van der Waals surface area contributed by atoms with Crippen molar-refractivity contribution in [2.45, 2.75) is 17.9 Å². The molecule has 0 spiro atoms. The Balaban J connectivity index is 2.10. The summed E-state index contributed by atoms with van der Waals surface area (Å²) in [5.74, 6) is -0.701. The van der Waals surface area contributed by atoms with Gasteiger partial charge in [0.25, 0.3) is 16.0 Å². The molecule has 8 heteroatoms. The number of nitrogens with zero attached hydrogens (tertiary/aromatic N) is 1. The van der Waals surface area contributed by atoms with Gasteiger partial charge in [-0.3, -0.25) is 9.35 Å². The molecule has 0 saturated carbocycles. The summed E-state index contributed by atoms with van der Waals surface area (Å²) in [4.78, 5) is 11.8. The lowest BCUT2D eigenvalue weighted by molar-refractivity contribution is -0.112. The number of anilines is 1. The number of hydrogen-bond acceptors (Lipinski definition) is 5. The lowest BCUT2D eigenvalue weighted by Crippen LogP contribution is -2.18. The number of benzene rings is 2. The molecule has 0 aromatic heterocycles. The first-order valence-corrected chi connectivity index (χ1v) is 9.05. The maximum Gasteiger partial charge on any atom is 0.294 e. The third-order valence-corrected chi connectivity index (χ3v) is 4.38. The molecule has 0 saturated heterocycles. The second kappa shape index (κ2) is 8.29. The smallest absolute Gasteiger partial charge is 0.294 e. The number of hydrogen-bond donors (Lipinski definition) is 3. The number of carbonyl (C=O) groups excluding carboxylic acids is 1. The highest BCUT2D eigenvalue weighted by atomic mass is 32.2. The Bertz CT molecular complexity index is 963. The van der Waals surface area contributed by atoms with E-state index in [4.69, 9.17) is 4.55 Å². The molecule has 2 aromatic rings. The van der Waals surface area contributed by atoms with E-state index in [-0.39, 0.29) is 22.2 Å². The standard InChI is InChI=1S/C18H17N3O4S/c1-13(14-6-3-2-4-7-14)20-12-15(11-19)18(22)21-16-8-5-9-17(10-16)26(23,24)25/h2-10,12-13,20H,1H3,(H,21,22)(H,23,24,25)/b15-12-. The highest BCUT2D eigenvalue weighted by Crippen LogP contribution is 2.16. The van der Waals surface area contributed by atoms with Gasteiger partial charge in [-0.2, -0.15) is 13.7 Å². The normalized spacial score (nSPS) is 12.7.